The SMILES string of the molecule is O=C(C(c1ccccc1)c1ccccc1)N1CCN(C(=O)[C@@H]2COc3ccccc3O2)CC1. The van der Waals surface area contributed by atoms with Gasteiger partial charge in [-0.15, -0.1) is 0 Å². The molecule has 0 unspecified atom stereocenters. The number of fused-ring (bicyclic) bond motifs is 1. The minimum Gasteiger partial charge on any atom is -0.485 e. The Labute approximate surface area is 193 Å². The van der Waals surface area contributed by atoms with Crippen LogP contribution in [-0.4, -0.2) is 60.5 Å². The minimum absolute atomic E-state index is 0.0608. The van der Waals surface area contributed by atoms with Gasteiger partial charge in [0.05, 0.1) is 5.92 Å². The second-order valence-corrected chi connectivity index (χ2v) is 8.27. The molecule has 1 atom stereocenters. The maximum atomic E-state index is 13.6. The third-order valence-corrected chi connectivity index (χ3v) is 6.20. The molecular weight excluding hydrogens is 416 g/mol. The van der Waals surface area contributed by atoms with E-state index in [1.54, 1.807) is 11.0 Å². The van der Waals surface area contributed by atoms with Crippen molar-refractivity contribution in [3.8, 4) is 11.5 Å². The van der Waals surface area contributed by atoms with E-state index in [9.17, 15) is 9.59 Å². The van der Waals surface area contributed by atoms with Crippen molar-refractivity contribution in [2.45, 2.75) is 12.0 Å². The van der Waals surface area contributed by atoms with Crippen LogP contribution in [0.5, 0.6) is 11.5 Å². The largest absolute Gasteiger partial charge is 0.485 e. The molecule has 2 heterocycles. The first-order chi connectivity index (χ1) is 16.2. The Kier molecular flexibility index (Phi) is 5.98. The first-order valence-corrected chi connectivity index (χ1v) is 11.3. The summed E-state index contributed by atoms with van der Waals surface area (Å²) in [5.41, 5.74) is 1.94. The number of rotatable bonds is 4. The van der Waals surface area contributed by atoms with Gasteiger partial charge in [-0.3, -0.25) is 9.59 Å². The van der Waals surface area contributed by atoms with Gasteiger partial charge in [0.1, 0.15) is 6.61 Å². The molecular formula is C27H26N2O4. The number of carbonyl (C=O) groups excluding carboxylic acids is 2. The third kappa shape index (κ3) is 4.42. The van der Waals surface area contributed by atoms with Crippen molar-refractivity contribution in [3.63, 3.8) is 0 Å². The van der Waals surface area contributed by atoms with Crippen LogP contribution in [0.25, 0.3) is 0 Å². The fourth-order valence-corrected chi connectivity index (χ4v) is 4.44. The predicted molar refractivity (Wildman–Crippen MR) is 124 cm³/mol. The summed E-state index contributed by atoms with van der Waals surface area (Å²) in [6.07, 6.45) is -0.663. The van der Waals surface area contributed by atoms with Crippen molar-refractivity contribution in [1.29, 1.82) is 0 Å². The van der Waals surface area contributed by atoms with Gasteiger partial charge in [0.2, 0.25) is 12.0 Å². The highest BCUT2D eigenvalue weighted by Gasteiger charge is 2.35. The van der Waals surface area contributed by atoms with Crippen LogP contribution in [0.1, 0.15) is 17.0 Å². The summed E-state index contributed by atoms with van der Waals surface area (Å²) in [5, 5.41) is 0. The van der Waals surface area contributed by atoms with Crippen molar-refractivity contribution < 1.29 is 19.1 Å². The Balaban J connectivity index is 1.25. The molecule has 0 bridgehead atoms. The number of nitrogens with zero attached hydrogens (tertiary/aromatic N) is 2. The molecule has 2 aliphatic heterocycles. The number of amides is 2. The first-order valence-electron chi connectivity index (χ1n) is 11.3. The fraction of sp³-hybridized carbons (Fsp3) is 0.259. The third-order valence-electron chi connectivity index (χ3n) is 6.20. The molecule has 0 aliphatic carbocycles. The second-order valence-electron chi connectivity index (χ2n) is 8.27. The van der Waals surface area contributed by atoms with Crippen molar-refractivity contribution in [3.05, 3.63) is 96.1 Å². The van der Waals surface area contributed by atoms with Gasteiger partial charge in [-0.05, 0) is 23.3 Å². The summed E-state index contributed by atoms with van der Waals surface area (Å²) in [7, 11) is 0. The van der Waals surface area contributed by atoms with Gasteiger partial charge in [-0.2, -0.15) is 0 Å². The standard InChI is InChI=1S/C27H26N2O4/c30-26(24-19-32-22-13-7-8-14-23(22)33-24)28-15-17-29(18-16-28)27(31)25(20-9-3-1-4-10-20)21-11-5-2-6-12-21/h1-14,24-25H,15-19H2/t24-/m0/s1. The van der Waals surface area contributed by atoms with E-state index in [1.165, 1.54) is 0 Å². The number of hydrogen-bond donors (Lipinski definition) is 0. The lowest BCUT2D eigenvalue weighted by atomic mass is 9.90. The lowest BCUT2D eigenvalue weighted by Crippen LogP contribution is -2.55. The van der Waals surface area contributed by atoms with Crippen molar-refractivity contribution in [1.82, 2.24) is 9.80 Å². The monoisotopic (exact) mass is 442 g/mol. The van der Waals surface area contributed by atoms with Crippen molar-refractivity contribution in [2.24, 2.45) is 0 Å². The zero-order chi connectivity index (χ0) is 22.6. The number of piperazine rings is 1. The maximum Gasteiger partial charge on any atom is 0.267 e. The molecule has 168 valence electrons. The fourth-order valence-electron chi connectivity index (χ4n) is 4.44. The van der Waals surface area contributed by atoms with Crippen LogP contribution in [0.3, 0.4) is 0 Å². The Hall–Kier alpha value is -3.80. The van der Waals surface area contributed by atoms with E-state index in [2.05, 4.69) is 0 Å². The summed E-state index contributed by atoms with van der Waals surface area (Å²) in [5.74, 6) is 0.848. The van der Waals surface area contributed by atoms with E-state index in [1.807, 2.05) is 83.8 Å². The van der Waals surface area contributed by atoms with Crippen LogP contribution in [0.4, 0.5) is 0 Å². The average Bonchev–Trinajstić information content (AvgIpc) is 2.89. The molecule has 1 fully saturated rings. The summed E-state index contributed by atoms with van der Waals surface area (Å²) < 4.78 is 11.6. The molecule has 1 saturated heterocycles. The van der Waals surface area contributed by atoms with Crippen LogP contribution in [-0.2, 0) is 9.59 Å². The molecule has 0 N–H and O–H groups in total. The number of carbonyl (C=O) groups is 2. The smallest absolute Gasteiger partial charge is 0.267 e. The van der Waals surface area contributed by atoms with Crippen LogP contribution in [0.15, 0.2) is 84.9 Å². The quantitative estimate of drug-likeness (QED) is 0.622. The van der Waals surface area contributed by atoms with Crippen molar-refractivity contribution in [2.75, 3.05) is 32.8 Å². The highest BCUT2D eigenvalue weighted by atomic mass is 16.6. The van der Waals surface area contributed by atoms with Crippen LogP contribution in [0, 0.1) is 0 Å². The summed E-state index contributed by atoms with van der Waals surface area (Å²) in [6, 6.07) is 27.1. The zero-order valence-electron chi connectivity index (χ0n) is 18.3. The van der Waals surface area contributed by atoms with E-state index in [-0.39, 0.29) is 24.3 Å². The van der Waals surface area contributed by atoms with Gasteiger partial charge < -0.3 is 19.3 Å². The van der Waals surface area contributed by atoms with E-state index in [0.29, 0.717) is 37.7 Å². The van der Waals surface area contributed by atoms with Crippen LogP contribution in [0.2, 0.25) is 0 Å². The lowest BCUT2D eigenvalue weighted by Gasteiger charge is -2.38. The molecule has 0 spiro atoms. The summed E-state index contributed by atoms with van der Waals surface area (Å²) >= 11 is 0. The average molecular weight is 443 g/mol. The Bertz CT molecular complexity index is 1070. The number of hydrogen-bond acceptors (Lipinski definition) is 4. The van der Waals surface area contributed by atoms with Gasteiger partial charge in [0, 0.05) is 26.2 Å². The maximum absolute atomic E-state index is 13.6. The zero-order valence-corrected chi connectivity index (χ0v) is 18.3. The Morgan fingerprint density at radius 2 is 1.21 bits per heavy atom. The topological polar surface area (TPSA) is 59.1 Å². The van der Waals surface area contributed by atoms with Crippen molar-refractivity contribution >= 4 is 11.8 Å². The van der Waals surface area contributed by atoms with Crippen LogP contribution >= 0.6 is 0 Å². The van der Waals surface area contributed by atoms with Gasteiger partial charge in [0.25, 0.3) is 5.91 Å². The molecule has 2 amide bonds. The highest BCUT2D eigenvalue weighted by molar-refractivity contribution is 5.88. The first kappa shape index (κ1) is 21.1. The molecule has 6 heteroatoms. The molecule has 3 aromatic carbocycles. The van der Waals surface area contributed by atoms with E-state index in [4.69, 9.17) is 9.47 Å². The van der Waals surface area contributed by atoms with Gasteiger partial charge in [-0.1, -0.05) is 72.8 Å². The molecule has 0 radical (unpaired) electrons. The van der Waals surface area contributed by atoms with E-state index in [0.717, 1.165) is 11.1 Å². The summed E-state index contributed by atoms with van der Waals surface area (Å²) in [6.45, 7) is 2.12. The van der Waals surface area contributed by atoms with Gasteiger partial charge in [-0.25, -0.2) is 0 Å². The molecule has 6 nitrogen and oxygen atoms in total. The Morgan fingerprint density at radius 1 is 0.697 bits per heavy atom. The number of para-hydroxylation sites is 2. The number of benzene rings is 3. The molecule has 2 aliphatic rings. The molecule has 0 saturated carbocycles. The molecule has 3 aromatic rings. The normalized spacial score (nSPS) is 17.7. The molecule has 0 aromatic heterocycles. The predicted octanol–water partition coefficient (Wildman–Crippen LogP) is 3.33. The van der Waals surface area contributed by atoms with Gasteiger partial charge >= 0.3 is 0 Å². The molecule has 33 heavy (non-hydrogen) atoms. The van der Waals surface area contributed by atoms with Crippen LogP contribution < -0.4 is 9.47 Å². The Morgan fingerprint density at radius 3 is 1.82 bits per heavy atom. The van der Waals surface area contributed by atoms with Gasteiger partial charge in [0.15, 0.2) is 11.5 Å². The van der Waals surface area contributed by atoms with E-state index >= 15 is 0 Å². The highest BCUT2D eigenvalue weighted by Crippen LogP contribution is 2.32. The minimum atomic E-state index is -0.663. The second kappa shape index (κ2) is 9.36. The number of ether oxygens (including phenoxy) is 2. The summed E-state index contributed by atoms with van der Waals surface area (Å²) in [4.78, 5) is 30.3. The molecule has 5 rings (SSSR count). The lowest BCUT2D eigenvalue weighted by molar-refractivity contribution is -0.146. The van der Waals surface area contributed by atoms with E-state index < -0.39 is 6.10 Å².